The van der Waals surface area contributed by atoms with Crippen molar-refractivity contribution in [1.82, 2.24) is 4.90 Å². The van der Waals surface area contributed by atoms with Crippen LogP contribution in [0.2, 0.25) is 0 Å². The predicted octanol–water partition coefficient (Wildman–Crippen LogP) is 1.66. The molecular weight excluding hydrogens is 260 g/mol. The Morgan fingerprint density at radius 3 is 2.52 bits per heavy atom. The molecule has 1 saturated heterocycles. The summed E-state index contributed by atoms with van der Waals surface area (Å²) < 4.78 is 0. The number of benzene rings is 1. The highest BCUT2D eigenvalue weighted by Crippen LogP contribution is 2.12. The standard InChI is InChI=1S/C18H28N2O/c1-4-20(5-2)18(21)17-7-6-12-19(14-17)13-16-10-8-15(3)9-11-16/h8-11,17H,4-7,12-14H2,1-3H3/p+1/t17-/m1/s1. The molecule has 0 aromatic heterocycles. The van der Waals surface area contributed by atoms with Gasteiger partial charge in [0.15, 0.2) is 0 Å². The Balaban J connectivity index is 1.94. The van der Waals surface area contributed by atoms with Crippen molar-refractivity contribution in [3.63, 3.8) is 0 Å². The Kier molecular flexibility index (Phi) is 5.80. The number of nitrogens with zero attached hydrogens (tertiary/aromatic N) is 1. The first-order valence-corrected chi connectivity index (χ1v) is 8.32. The molecule has 1 unspecified atom stereocenters. The first kappa shape index (κ1) is 16.0. The molecular formula is C18H29N2O+. The summed E-state index contributed by atoms with van der Waals surface area (Å²) in [6, 6.07) is 8.80. The highest BCUT2D eigenvalue weighted by Gasteiger charge is 2.30. The van der Waals surface area contributed by atoms with Crippen molar-refractivity contribution in [2.24, 2.45) is 5.92 Å². The van der Waals surface area contributed by atoms with Crippen molar-refractivity contribution >= 4 is 5.91 Å². The maximum atomic E-state index is 12.5. The quantitative estimate of drug-likeness (QED) is 0.876. The van der Waals surface area contributed by atoms with Crippen LogP contribution in [0.4, 0.5) is 0 Å². The fraction of sp³-hybridized carbons (Fsp3) is 0.611. The van der Waals surface area contributed by atoms with Gasteiger partial charge in [-0.05, 0) is 33.6 Å². The molecule has 3 nitrogen and oxygen atoms in total. The molecule has 1 aliphatic heterocycles. The fourth-order valence-corrected chi connectivity index (χ4v) is 3.31. The van der Waals surface area contributed by atoms with Crippen LogP contribution in [0.25, 0.3) is 0 Å². The van der Waals surface area contributed by atoms with Gasteiger partial charge in [-0.1, -0.05) is 29.8 Å². The van der Waals surface area contributed by atoms with Crippen LogP contribution in [0.3, 0.4) is 0 Å². The summed E-state index contributed by atoms with van der Waals surface area (Å²) in [7, 11) is 0. The lowest BCUT2D eigenvalue weighted by molar-refractivity contribution is -0.921. The average molecular weight is 289 g/mol. The molecule has 3 heteroatoms. The average Bonchev–Trinajstić information content (AvgIpc) is 2.51. The number of piperidine rings is 1. The largest absolute Gasteiger partial charge is 0.343 e. The highest BCUT2D eigenvalue weighted by molar-refractivity contribution is 5.78. The smallest absolute Gasteiger partial charge is 0.231 e. The van der Waals surface area contributed by atoms with Gasteiger partial charge in [-0.2, -0.15) is 0 Å². The van der Waals surface area contributed by atoms with Crippen molar-refractivity contribution in [1.29, 1.82) is 0 Å². The Morgan fingerprint density at radius 1 is 1.24 bits per heavy atom. The number of quaternary nitrogens is 1. The molecule has 2 rings (SSSR count). The van der Waals surface area contributed by atoms with Crippen LogP contribution in [0.15, 0.2) is 24.3 Å². The number of likely N-dealkylation sites (tertiary alicyclic amines) is 1. The number of hydrogen-bond acceptors (Lipinski definition) is 1. The molecule has 1 fully saturated rings. The van der Waals surface area contributed by atoms with Crippen LogP contribution in [0, 0.1) is 12.8 Å². The maximum Gasteiger partial charge on any atom is 0.231 e. The number of aryl methyl sites for hydroxylation is 1. The molecule has 1 N–H and O–H groups in total. The number of carbonyl (C=O) groups is 1. The molecule has 1 amide bonds. The summed E-state index contributed by atoms with van der Waals surface area (Å²) in [4.78, 5) is 16.1. The summed E-state index contributed by atoms with van der Waals surface area (Å²) in [5.74, 6) is 0.584. The van der Waals surface area contributed by atoms with Crippen molar-refractivity contribution < 1.29 is 9.69 Å². The molecule has 1 heterocycles. The van der Waals surface area contributed by atoms with E-state index in [2.05, 4.69) is 45.0 Å². The van der Waals surface area contributed by atoms with E-state index < -0.39 is 0 Å². The third kappa shape index (κ3) is 4.31. The summed E-state index contributed by atoms with van der Waals surface area (Å²) in [5, 5.41) is 0. The van der Waals surface area contributed by atoms with Crippen LogP contribution in [0.1, 0.15) is 37.8 Å². The second-order valence-corrected chi connectivity index (χ2v) is 6.22. The Bertz CT molecular complexity index is 451. The van der Waals surface area contributed by atoms with Gasteiger partial charge in [0.25, 0.3) is 0 Å². The van der Waals surface area contributed by atoms with Crippen molar-refractivity contribution in [3.8, 4) is 0 Å². The zero-order valence-corrected chi connectivity index (χ0v) is 13.7. The normalized spacial score (nSPS) is 22.0. The van der Waals surface area contributed by atoms with Gasteiger partial charge in [0.05, 0.1) is 19.0 Å². The van der Waals surface area contributed by atoms with Crippen LogP contribution in [-0.4, -0.2) is 37.0 Å². The van der Waals surface area contributed by atoms with E-state index in [0.717, 1.165) is 32.6 Å². The second-order valence-electron chi connectivity index (χ2n) is 6.22. The van der Waals surface area contributed by atoms with E-state index in [1.54, 1.807) is 4.90 Å². The Morgan fingerprint density at radius 2 is 1.90 bits per heavy atom. The van der Waals surface area contributed by atoms with Gasteiger partial charge in [0.1, 0.15) is 6.54 Å². The lowest BCUT2D eigenvalue weighted by Crippen LogP contribution is -3.12. The number of carbonyl (C=O) groups excluding carboxylic acids is 1. The van der Waals surface area contributed by atoms with Crippen LogP contribution in [-0.2, 0) is 11.3 Å². The minimum absolute atomic E-state index is 0.221. The van der Waals surface area contributed by atoms with Crippen LogP contribution < -0.4 is 4.90 Å². The molecule has 0 saturated carbocycles. The first-order valence-electron chi connectivity index (χ1n) is 8.32. The van der Waals surface area contributed by atoms with E-state index in [0.29, 0.717) is 5.91 Å². The fourth-order valence-electron chi connectivity index (χ4n) is 3.31. The topological polar surface area (TPSA) is 24.8 Å². The lowest BCUT2D eigenvalue weighted by atomic mass is 9.96. The van der Waals surface area contributed by atoms with E-state index in [-0.39, 0.29) is 5.92 Å². The van der Waals surface area contributed by atoms with Gasteiger partial charge in [0, 0.05) is 18.7 Å². The van der Waals surface area contributed by atoms with Crippen molar-refractivity contribution in [3.05, 3.63) is 35.4 Å². The minimum Gasteiger partial charge on any atom is -0.343 e. The Hall–Kier alpha value is -1.35. The summed E-state index contributed by atoms with van der Waals surface area (Å²) >= 11 is 0. The van der Waals surface area contributed by atoms with Crippen LogP contribution in [0.5, 0.6) is 0 Å². The number of nitrogens with one attached hydrogen (secondary N) is 1. The zero-order chi connectivity index (χ0) is 15.2. The molecule has 0 aliphatic carbocycles. The molecule has 2 atom stereocenters. The third-order valence-electron chi connectivity index (χ3n) is 4.62. The number of hydrogen-bond donors (Lipinski definition) is 1. The van der Waals surface area contributed by atoms with E-state index in [4.69, 9.17) is 0 Å². The molecule has 1 aromatic carbocycles. The van der Waals surface area contributed by atoms with Gasteiger partial charge >= 0.3 is 0 Å². The number of amides is 1. The summed E-state index contributed by atoms with van der Waals surface area (Å²) in [6.07, 6.45) is 2.23. The van der Waals surface area contributed by atoms with Gasteiger partial charge < -0.3 is 9.80 Å². The molecule has 116 valence electrons. The van der Waals surface area contributed by atoms with Gasteiger partial charge in [-0.15, -0.1) is 0 Å². The van der Waals surface area contributed by atoms with Gasteiger partial charge in [0.2, 0.25) is 5.91 Å². The van der Waals surface area contributed by atoms with E-state index >= 15 is 0 Å². The highest BCUT2D eigenvalue weighted by atomic mass is 16.2. The van der Waals surface area contributed by atoms with Gasteiger partial charge in [-0.3, -0.25) is 4.79 Å². The SMILES string of the molecule is CCN(CC)C(=O)[C@@H]1CCC[NH+](Cc2ccc(C)cc2)C1. The van der Waals surface area contributed by atoms with E-state index in [1.807, 2.05) is 4.90 Å². The predicted molar refractivity (Wildman–Crippen MR) is 86.2 cm³/mol. The van der Waals surface area contributed by atoms with Gasteiger partial charge in [-0.25, -0.2) is 0 Å². The minimum atomic E-state index is 0.221. The van der Waals surface area contributed by atoms with E-state index in [9.17, 15) is 4.79 Å². The molecule has 0 bridgehead atoms. The molecule has 21 heavy (non-hydrogen) atoms. The lowest BCUT2D eigenvalue weighted by Gasteiger charge is -2.32. The number of rotatable bonds is 5. The monoisotopic (exact) mass is 289 g/mol. The van der Waals surface area contributed by atoms with Crippen LogP contribution >= 0.6 is 0 Å². The van der Waals surface area contributed by atoms with Crippen molar-refractivity contribution in [2.45, 2.75) is 40.2 Å². The third-order valence-corrected chi connectivity index (χ3v) is 4.62. The molecule has 0 spiro atoms. The maximum absolute atomic E-state index is 12.5. The Labute approximate surface area is 128 Å². The van der Waals surface area contributed by atoms with E-state index in [1.165, 1.54) is 24.1 Å². The first-order chi connectivity index (χ1) is 10.1. The molecule has 0 radical (unpaired) electrons. The summed E-state index contributed by atoms with van der Waals surface area (Å²) in [5.41, 5.74) is 2.69. The van der Waals surface area contributed by atoms with Crippen molar-refractivity contribution in [2.75, 3.05) is 26.2 Å². The molecule has 1 aliphatic rings. The zero-order valence-electron chi connectivity index (χ0n) is 13.7. The summed E-state index contributed by atoms with van der Waals surface area (Å²) in [6.45, 7) is 11.2. The second kappa shape index (κ2) is 7.60. The molecule has 1 aromatic rings.